The van der Waals surface area contributed by atoms with E-state index in [1.807, 2.05) is 6.92 Å². The monoisotopic (exact) mass is 457 g/mol. The predicted octanol–water partition coefficient (Wildman–Crippen LogP) is 0.916. The molecule has 174 valence electrons. The number of aromatic nitrogens is 4. The predicted molar refractivity (Wildman–Crippen MR) is 120 cm³/mol. The second-order valence-corrected chi connectivity index (χ2v) is 7.02. The van der Waals surface area contributed by atoms with Crippen LogP contribution < -0.4 is 21.9 Å². The van der Waals surface area contributed by atoms with E-state index in [1.54, 1.807) is 6.07 Å². The Bertz CT molecular complexity index is 1290. The first kappa shape index (κ1) is 23.4. The van der Waals surface area contributed by atoms with Crippen LogP contribution in [0.2, 0.25) is 0 Å². The van der Waals surface area contributed by atoms with Crippen LogP contribution in [0.1, 0.15) is 23.8 Å². The standard InChI is InChI=1S/C20H23N7O6/c1-3-8-25-17(21)16(18(28)22-20(25)30)24(10-11-33-2)19(29)15-7-9-26(23-15)13-5-4-6-14(12-13)27(31)32/h4-7,9,12H,3,8,10-11,21H2,1-2H3,(H,22,28,30). The maximum atomic E-state index is 13.3. The van der Waals surface area contributed by atoms with Crippen molar-refractivity contribution in [1.29, 1.82) is 0 Å². The first-order valence-corrected chi connectivity index (χ1v) is 10.0. The number of H-pyrrole nitrogens is 1. The van der Waals surface area contributed by atoms with E-state index in [1.165, 1.54) is 46.8 Å². The lowest BCUT2D eigenvalue weighted by molar-refractivity contribution is -0.384. The summed E-state index contributed by atoms with van der Waals surface area (Å²) in [7, 11) is 1.44. The molecule has 0 bridgehead atoms. The lowest BCUT2D eigenvalue weighted by atomic mass is 10.3. The van der Waals surface area contributed by atoms with Crippen molar-refractivity contribution < 1.29 is 14.5 Å². The third-order valence-corrected chi connectivity index (χ3v) is 4.81. The van der Waals surface area contributed by atoms with Crippen molar-refractivity contribution >= 4 is 23.1 Å². The van der Waals surface area contributed by atoms with Crippen molar-refractivity contribution in [3.8, 4) is 5.69 Å². The number of methoxy groups -OCH3 is 1. The van der Waals surface area contributed by atoms with Crippen LogP contribution in [-0.2, 0) is 11.3 Å². The van der Waals surface area contributed by atoms with Crippen LogP contribution in [0, 0.1) is 10.1 Å². The molecule has 0 fully saturated rings. The molecule has 1 amide bonds. The maximum Gasteiger partial charge on any atom is 0.330 e. The molecule has 0 saturated heterocycles. The minimum atomic E-state index is -0.813. The zero-order valence-electron chi connectivity index (χ0n) is 18.1. The van der Waals surface area contributed by atoms with E-state index in [0.717, 1.165) is 4.90 Å². The number of nitrogen functional groups attached to an aromatic ring is 1. The van der Waals surface area contributed by atoms with Gasteiger partial charge in [-0.05, 0) is 18.6 Å². The van der Waals surface area contributed by atoms with Gasteiger partial charge in [0.05, 0.1) is 17.2 Å². The van der Waals surface area contributed by atoms with Gasteiger partial charge in [0.1, 0.15) is 5.82 Å². The molecule has 0 aliphatic carbocycles. The molecule has 0 radical (unpaired) electrons. The number of nitrogens with two attached hydrogens (primary N) is 1. The Labute approximate surface area is 187 Å². The first-order valence-electron chi connectivity index (χ1n) is 10.0. The Morgan fingerprint density at radius 1 is 1.33 bits per heavy atom. The normalized spacial score (nSPS) is 10.8. The molecule has 3 N–H and O–H groups in total. The highest BCUT2D eigenvalue weighted by molar-refractivity contribution is 6.06. The van der Waals surface area contributed by atoms with E-state index < -0.39 is 22.1 Å². The highest BCUT2D eigenvalue weighted by Gasteiger charge is 2.26. The van der Waals surface area contributed by atoms with Gasteiger partial charge in [0.2, 0.25) is 0 Å². The van der Waals surface area contributed by atoms with Crippen molar-refractivity contribution in [2.45, 2.75) is 19.9 Å². The van der Waals surface area contributed by atoms with Gasteiger partial charge in [-0.1, -0.05) is 13.0 Å². The minimum absolute atomic E-state index is 0.0311. The molecule has 13 nitrogen and oxygen atoms in total. The molecule has 1 aromatic carbocycles. The van der Waals surface area contributed by atoms with Crippen molar-refractivity contribution in [3.63, 3.8) is 0 Å². The molecule has 0 atom stereocenters. The number of nitro groups is 1. The molecule has 0 aliphatic rings. The Balaban J connectivity index is 2.04. The topological polar surface area (TPSA) is 171 Å². The highest BCUT2D eigenvalue weighted by Crippen LogP contribution is 2.20. The summed E-state index contributed by atoms with van der Waals surface area (Å²) in [6.07, 6.45) is 2.04. The highest BCUT2D eigenvalue weighted by atomic mass is 16.6. The Hall–Kier alpha value is -4.26. The number of rotatable bonds is 9. The lowest BCUT2D eigenvalue weighted by Crippen LogP contribution is -2.42. The number of hydrogen-bond acceptors (Lipinski definition) is 8. The van der Waals surface area contributed by atoms with Gasteiger partial charge in [-0.15, -0.1) is 0 Å². The van der Waals surface area contributed by atoms with E-state index in [9.17, 15) is 24.5 Å². The molecular formula is C20H23N7O6. The number of benzene rings is 1. The van der Waals surface area contributed by atoms with Gasteiger partial charge in [-0.25, -0.2) is 9.48 Å². The number of nitrogens with one attached hydrogen (secondary N) is 1. The number of ether oxygens (including phenoxy) is 1. The number of aromatic amines is 1. The zero-order valence-corrected chi connectivity index (χ0v) is 18.1. The SMILES string of the molecule is CCCn1c(N)c(N(CCOC)C(=O)c2ccn(-c3cccc([N+](=O)[O-])c3)n2)c(=O)[nH]c1=O. The third kappa shape index (κ3) is 4.82. The number of nitro benzene ring substituents is 1. The third-order valence-electron chi connectivity index (χ3n) is 4.81. The Morgan fingerprint density at radius 2 is 2.09 bits per heavy atom. The molecule has 3 aromatic rings. The summed E-state index contributed by atoms with van der Waals surface area (Å²) in [5, 5.41) is 15.3. The van der Waals surface area contributed by atoms with Gasteiger partial charge in [0, 0.05) is 38.5 Å². The molecule has 13 heteroatoms. The number of non-ortho nitro benzene ring substituents is 1. The van der Waals surface area contributed by atoms with Crippen LogP contribution in [0.4, 0.5) is 17.2 Å². The number of hydrogen-bond donors (Lipinski definition) is 2. The molecule has 3 rings (SSSR count). The number of nitrogens with zero attached hydrogens (tertiary/aromatic N) is 5. The summed E-state index contributed by atoms with van der Waals surface area (Å²) in [5.41, 5.74) is 4.66. The number of anilines is 2. The van der Waals surface area contributed by atoms with E-state index >= 15 is 0 Å². The fourth-order valence-corrected chi connectivity index (χ4v) is 3.25. The summed E-state index contributed by atoms with van der Waals surface area (Å²) in [6, 6.07) is 7.16. The Morgan fingerprint density at radius 3 is 2.76 bits per heavy atom. The molecule has 2 heterocycles. The molecular weight excluding hydrogens is 434 g/mol. The van der Waals surface area contributed by atoms with Crippen LogP contribution in [0.3, 0.4) is 0 Å². The van der Waals surface area contributed by atoms with Gasteiger partial charge in [-0.2, -0.15) is 5.10 Å². The molecule has 33 heavy (non-hydrogen) atoms. The maximum absolute atomic E-state index is 13.3. The summed E-state index contributed by atoms with van der Waals surface area (Å²) >= 11 is 0. The number of carbonyl (C=O) groups excluding carboxylic acids is 1. The molecule has 0 unspecified atom stereocenters. The van der Waals surface area contributed by atoms with Crippen molar-refractivity contribution in [2.75, 3.05) is 30.9 Å². The van der Waals surface area contributed by atoms with Gasteiger partial charge in [-0.3, -0.25) is 34.2 Å². The molecule has 0 spiro atoms. The smallest absolute Gasteiger partial charge is 0.330 e. The zero-order chi connectivity index (χ0) is 24.1. The quantitative estimate of drug-likeness (QED) is 0.352. The second-order valence-electron chi connectivity index (χ2n) is 7.02. The van der Waals surface area contributed by atoms with Crippen LogP contribution in [0.5, 0.6) is 0 Å². The van der Waals surface area contributed by atoms with Gasteiger partial charge < -0.3 is 10.5 Å². The van der Waals surface area contributed by atoms with Crippen molar-refractivity contribution in [1.82, 2.24) is 19.3 Å². The van der Waals surface area contributed by atoms with Crippen LogP contribution in [-0.4, -0.2) is 50.4 Å². The van der Waals surface area contributed by atoms with E-state index in [-0.39, 0.29) is 42.6 Å². The molecule has 0 saturated carbocycles. The fraction of sp³-hybridized carbons (Fsp3) is 0.300. The van der Waals surface area contributed by atoms with Crippen molar-refractivity contribution in [2.24, 2.45) is 0 Å². The molecule has 0 aliphatic heterocycles. The number of carbonyl (C=O) groups is 1. The summed E-state index contributed by atoms with van der Waals surface area (Å²) in [4.78, 5) is 51.9. The second kappa shape index (κ2) is 9.91. The van der Waals surface area contributed by atoms with Gasteiger partial charge >= 0.3 is 5.69 Å². The van der Waals surface area contributed by atoms with E-state index in [0.29, 0.717) is 12.1 Å². The van der Waals surface area contributed by atoms with Crippen molar-refractivity contribution in [3.05, 3.63) is 73.2 Å². The van der Waals surface area contributed by atoms with Gasteiger partial charge in [0.15, 0.2) is 11.4 Å². The fourth-order valence-electron chi connectivity index (χ4n) is 3.25. The lowest BCUT2D eigenvalue weighted by Gasteiger charge is -2.23. The van der Waals surface area contributed by atoms with Crippen LogP contribution in [0.15, 0.2) is 46.1 Å². The largest absolute Gasteiger partial charge is 0.383 e. The van der Waals surface area contributed by atoms with E-state index in [2.05, 4.69) is 10.1 Å². The average molecular weight is 457 g/mol. The van der Waals surface area contributed by atoms with Gasteiger partial charge in [0.25, 0.3) is 17.2 Å². The summed E-state index contributed by atoms with van der Waals surface area (Å²) in [6.45, 7) is 2.15. The van der Waals surface area contributed by atoms with Crippen LogP contribution >= 0.6 is 0 Å². The average Bonchev–Trinajstić information content (AvgIpc) is 3.28. The first-order chi connectivity index (χ1) is 15.8. The number of amides is 1. The van der Waals surface area contributed by atoms with Crippen LogP contribution in [0.25, 0.3) is 5.69 Å². The summed E-state index contributed by atoms with van der Waals surface area (Å²) in [5.74, 6) is -0.803. The summed E-state index contributed by atoms with van der Waals surface area (Å²) < 4.78 is 7.56. The molecule has 2 aromatic heterocycles. The Kier molecular flexibility index (Phi) is 7.03. The van der Waals surface area contributed by atoms with E-state index in [4.69, 9.17) is 10.5 Å². The minimum Gasteiger partial charge on any atom is -0.383 e.